The largest absolute Gasteiger partial charge is 0.0622 e. The number of hydrogen-bond acceptors (Lipinski definition) is 0. The van der Waals surface area contributed by atoms with Crippen LogP contribution in [0.1, 0.15) is 11.1 Å². The lowest BCUT2D eigenvalue weighted by Crippen LogP contribution is -1.92. The second kappa shape index (κ2) is 9.54. The van der Waals surface area contributed by atoms with Crippen molar-refractivity contribution in [2.75, 3.05) is 0 Å². The fourth-order valence-corrected chi connectivity index (χ4v) is 7.42. The van der Waals surface area contributed by atoms with Gasteiger partial charge in [-0.2, -0.15) is 0 Å². The zero-order chi connectivity index (χ0) is 28.3. The lowest BCUT2D eigenvalue weighted by molar-refractivity contribution is 1.26. The van der Waals surface area contributed by atoms with E-state index in [2.05, 4.69) is 158 Å². The number of rotatable bonds is 3. The molecular formula is C43H28. The first-order valence-electron chi connectivity index (χ1n) is 15.1. The Morgan fingerprint density at radius 2 is 0.884 bits per heavy atom. The summed E-state index contributed by atoms with van der Waals surface area (Å²) < 4.78 is 0. The molecule has 8 aromatic rings. The zero-order valence-electron chi connectivity index (χ0n) is 23.7. The van der Waals surface area contributed by atoms with Crippen molar-refractivity contribution in [1.29, 1.82) is 0 Å². The minimum absolute atomic E-state index is 0.970. The number of fused-ring (bicyclic) bond motifs is 6. The molecule has 0 spiro atoms. The van der Waals surface area contributed by atoms with Crippen molar-refractivity contribution in [2.45, 2.75) is 6.42 Å². The van der Waals surface area contributed by atoms with Gasteiger partial charge in [-0.3, -0.25) is 0 Å². The number of hydrogen-bond donors (Lipinski definition) is 0. The Bertz CT molecular complexity index is 2300. The summed E-state index contributed by atoms with van der Waals surface area (Å²) in [5, 5.41) is 7.72. The standard InChI is InChI=1S/C43H28/c1-2-12-28(13-3-1)33-21-11-22-34-40-27-31(25-24-30(40)26-41(33)34)42-36-17-6-8-19-38(36)43(39-20-9-7-18-37(39)42)35-23-10-15-29-14-4-5-16-32(29)35/h1-25,27H,26H2. The Kier molecular flexibility index (Phi) is 5.36. The third kappa shape index (κ3) is 3.70. The van der Waals surface area contributed by atoms with Gasteiger partial charge in [-0.25, -0.2) is 0 Å². The zero-order valence-corrected chi connectivity index (χ0v) is 23.7. The summed E-state index contributed by atoms with van der Waals surface area (Å²) in [7, 11) is 0. The van der Waals surface area contributed by atoms with Gasteiger partial charge in [0, 0.05) is 0 Å². The van der Waals surface area contributed by atoms with Gasteiger partial charge in [-0.15, -0.1) is 0 Å². The molecule has 0 aliphatic heterocycles. The number of benzene rings is 8. The molecule has 0 fully saturated rings. The van der Waals surface area contributed by atoms with E-state index >= 15 is 0 Å². The van der Waals surface area contributed by atoms with Crippen LogP contribution in [0.2, 0.25) is 0 Å². The van der Waals surface area contributed by atoms with Crippen LogP contribution in [0.3, 0.4) is 0 Å². The Morgan fingerprint density at radius 3 is 1.63 bits per heavy atom. The molecule has 0 bridgehead atoms. The molecule has 200 valence electrons. The Morgan fingerprint density at radius 1 is 0.326 bits per heavy atom. The molecule has 0 saturated carbocycles. The molecule has 0 saturated heterocycles. The Hall–Kier alpha value is -5.46. The van der Waals surface area contributed by atoms with Crippen LogP contribution in [-0.2, 0) is 6.42 Å². The SMILES string of the molecule is c1ccc(-c2cccc3c2Cc2ccc(-c4c5ccccc5c(-c5cccc6ccccc56)c5ccccc45)cc2-3)cc1. The minimum Gasteiger partial charge on any atom is -0.0622 e. The summed E-state index contributed by atoms with van der Waals surface area (Å²) in [6.45, 7) is 0. The van der Waals surface area contributed by atoms with E-state index in [-0.39, 0.29) is 0 Å². The summed E-state index contributed by atoms with van der Waals surface area (Å²) in [6.07, 6.45) is 0.970. The summed E-state index contributed by atoms with van der Waals surface area (Å²) in [5.41, 5.74) is 13.4. The summed E-state index contributed by atoms with van der Waals surface area (Å²) >= 11 is 0. The van der Waals surface area contributed by atoms with E-state index in [0.717, 1.165) is 6.42 Å². The minimum atomic E-state index is 0.970. The molecule has 0 heterocycles. The second-order valence-electron chi connectivity index (χ2n) is 11.6. The highest BCUT2D eigenvalue weighted by Gasteiger charge is 2.24. The molecule has 1 aliphatic rings. The third-order valence-electron chi connectivity index (χ3n) is 9.31. The van der Waals surface area contributed by atoms with Crippen molar-refractivity contribution < 1.29 is 0 Å². The maximum absolute atomic E-state index is 2.45. The van der Waals surface area contributed by atoms with Crippen LogP contribution < -0.4 is 0 Å². The van der Waals surface area contributed by atoms with E-state index in [4.69, 9.17) is 0 Å². The van der Waals surface area contributed by atoms with Crippen molar-refractivity contribution in [1.82, 2.24) is 0 Å². The highest BCUT2D eigenvalue weighted by atomic mass is 14.3. The maximum atomic E-state index is 2.45. The van der Waals surface area contributed by atoms with Crippen molar-refractivity contribution in [3.8, 4) is 44.5 Å². The van der Waals surface area contributed by atoms with Gasteiger partial charge in [0.25, 0.3) is 0 Å². The third-order valence-corrected chi connectivity index (χ3v) is 9.31. The van der Waals surface area contributed by atoms with Gasteiger partial charge in [0.2, 0.25) is 0 Å². The van der Waals surface area contributed by atoms with E-state index in [1.165, 1.54) is 88.0 Å². The van der Waals surface area contributed by atoms with Crippen LogP contribution >= 0.6 is 0 Å². The first kappa shape index (κ1) is 24.2. The summed E-state index contributed by atoms with van der Waals surface area (Å²) in [5.74, 6) is 0. The van der Waals surface area contributed by atoms with Gasteiger partial charge in [-0.1, -0.05) is 152 Å². The molecule has 0 amide bonds. The van der Waals surface area contributed by atoms with Gasteiger partial charge < -0.3 is 0 Å². The molecule has 0 nitrogen and oxygen atoms in total. The quantitative estimate of drug-likeness (QED) is 0.194. The predicted molar refractivity (Wildman–Crippen MR) is 184 cm³/mol. The van der Waals surface area contributed by atoms with E-state index in [9.17, 15) is 0 Å². The Labute approximate surface area is 251 Å². The smallest absolute Gasteiger partial charge is 0.000728 e. The molecule has 9 rings (SSSR count). The lowest BCUT2D eigenvalue weighted by atomic mass is 9.84. The molecule has 0 N–H and O–H groups in total. The first-order valence-corrected chi connectivity index (χ1v) is 15.1. The van der Waals surface area contributed by atoms with Gasteiger partial charge in [0.1, 0.15) is 0 Å². The predicted octanol–water partition coefficient (Wildman–Crippen LogP) is 11.7. The molecule has 8 aromatic carbocycles. The van der Waals surface area contributed by atoms with Crippen molar-refractivity contribution in [3.63, 3.8) is 0 Å². The molecule has 0 unspecified atom stereocenters. The monoisotopic (exact) mass is 544 g/mol. The molecule has 0 atom stereocenters. The van der Waals surface area contributed by atoms with E-state index < -0.39 is 0 Å². The molecule has 0 radical (unpaired) electrons. The van der Waals surface area contributed by atoms with E-state index in [1.807, 2.05) is 0 Å². The second-order valence-corrected chi connectivity index (χ2v) is 11.6. The summed E-state index contributed by atoms with van der Waals surface area (Å²) in [4.78, 5) is 0. The van der Waals surface area contributed by atoms with Crippen molar-refractivity contribution >= 4 is 32.3 Å². The van der Waals surface area contributed by atoms with E-state index in [1.54, 1.807) is 0 Å². The molecule has 43 heavy (non-hydrogen) atoms. The highest BCUT2D eigenvalue weighted by Crippen LogP contribution is 2.48. The normalized spacial score (nSPS) is 12.1. The molecule has 0 heteroatoms. The fraction of sp³-hybridized carbons (Fsp3) is 0.0233. The highest BCUT2D eigenvalue weighted by molar-refractivity contribution is 6.23. The van der Waals surface area contributed by atoms with Crippen LogP contribution in [0.5, 0.6) is 0 Å². The molecular weight excluding hydrogens is 516 g/mol. The van der Waals surface area contributed by atoms with Crippen LogP contribution in [-0.4, -0.2) is 0 Å². The maximum Gasteiger partial charge on any atom is -0.000728 e. The Balaban J connectivity index is 1.31. The average Bonchev–Trinajstić information content (AvgIpc) is 3.45. The first-order chi connectivity index (χ1) is 21.3. The molecule has 1 aliphatic carbocycles. The molecule has 0 aromatic heterocycles. The lowest BCUT2D eigenvalue weighted by Gasteiger charge is -2.19. The summed E-state index contributed by atoms with van der Waals surface area (Å²) in [6, 6.07) is 58.1. The van der Waals surface area contributed by atoms with E-state index in [0.29, 0.717) is 0 Å². The van der Waals surface area contributed by atoms with Crippen LogP contribution in [0.4, 0.5) is 0 Å². The van der Waals surface area contributed by atoms with Gasteiger partial charge in [0.15, 0.2) is 0 Å². The van der Waals surface area contributed by atoms with Crippen LogP contribution in [0.25, 0.3) is 76.8 Å². The topological polar surface area (TPSA) is 0 Å². The van der Waals surface area contributed by atoms with Gasteiger partial charge in [-0.05, 0) is 100 Å². The van der Waals surface area contributed by atoms with Crippen LogP contribution in [0.15, 0.2) is 158 Å². The fourth-order valence-electron chi connectivity index (χ4n) is 7.42. The van der Waals surface area contributed by atoms with Crippen molar-refractivity contribution in [2.24, 2.45) is 0 Å². The van der Waals surface area contributed by atoms with Gasteiger partial charge >= 0.3 is 0 Å². The van der Waals surface area contributed by atoms with Gasteiger partial charge in [0.05, 0.1) is 0 Å². The van der Waals surface area contributed by atoms with Crippen molar-refractivity contribution in [3.05, 3.63) is 169 Å². The average molecular weight is 545 g/mol. The van der Waals surface area contributed by atoms with Crippen LogP contribution in [0, 0.1) is 0 Å².